The zero-order valence-electron chi connectivity index (χ0n) is 14.0. The second-order valence-corrected chi connectivity index (χ2v) is 6.39. The third-order valence-electron chi connectivity index (χ3n) is 2.94. The fraction of sp³-hybridized carbons (Fsp3) is 0.438. The number of carbonyl (C=O) groups excluding carboxylic acids is 1. The van der Waals surface area contributed by atoms with E-state index < -0.39 is 16.9 Å². The number of carbonyl (C=O) groups is 2. The summed E-state index contributed by atoms with van der Waals surface area (Å²) >= 11 is 0. The van der Waals surface area contributed by atoms with Crippen molar-refractivity contribution in [2.75, 3.05) is 6.54 Å². The van der Waals surface area contributed by atoms with E-state index in [0.29, 0.717) is 4.90 Å². The summed E-state index contributed by atoms with van der Waals surface area (Å²) in [5.41, 5.74) is 0.0272. The molecule has 0 fully saturated rings. The summed E-state index contributed by atoms with van der Waals surface area (Å²) in [7, 11) is 0. The number of nitrogens with zero attached hydrogens (tertiary/aromatic N) is 3. The summed E-state index contributed by atoms with van der Waals surface area (Å²) < 4.78 is 0. The predicted octanol–water partition coefficient (Wildman–Crippen LogP) is 2.59. The number of rotatable bonds is 3. The van der Waals surface area contributed by atoms with E-state index in [1.165, 1.54) is 19.2 Å². The summed E-state index contributed by atoms with van der Waals surface area (Å²) in [6.45, 7) is 6.67. The summed E-state index contributed by atoms with van der Waals surface area (Å²) in [4.78, 5) is 38.0. The lowest BCUT2D eigenvalue weighted by Crippen LogP contribution is -2.38. The van der Waals surface area contributed by atoms with Crippen LogP contribution < -0.4 is 0 Å². The fourth-order valence-electron chi connectivity index (χ4n) is 1.81. The molecule has 0 bridgehead atoms. The second-order valence-electron chi connectivity index (χ2n) is 6.39. The van der Waals surface area contributed by atoms with Crippen LogP contribution in [0, 0.1) is 34.3 Å². The highest BCUT2D eigenvalue weighted by Gasteiger charge is 2.24. The minimum atomic E-state index is -1.38. The third-order valence-corrected chi connectivity index (χ3v) is 2.94. The van der Waals surface area contributed by atoms with Crippen LogP contribution in [0.5, 0.6) is 0 Å². The van der Waals surface area contributed by atoms with Gasteiger partial charge in [0.1, 0.15) is 5.69 Å². The Morgan fingerprint density at radius 3 is 2.54 bits per heavy atom. The third kappa shape index (κ3) is 5.68. The molecule has 1 N–H and O–H groups in total. The maximum absolute atomic E-state index is 12.0. The second kappa shape index (κ2) is 7.55. The Morgan fingerprint density at radius 2 is 2.04 bits per heavy atom. The van der Waals surface area contributed by atoms with Gasteiger partial charge in [0, 0.05) is 24.2 Å². The summed E-state index contributed by atoms with van der Waals surface area (Å²) in [5, 5.41) is 20.0. The number of nitro groups is 1. The van der Waals surface area contributed by atoms with Crippen molar-refractivity contribution in [2.24, 2.45) is 5.41 Å². The van der Waals surface area contributed by atoms with Gasteiger partial charge in [-0.2, -0.15) is 0 Å². The minimum Gasteiger partial charge on any atom is -0.465 e. The molecular weight excluding hydrogens is 314 g/mol. The molecule has 0 aliphatic rings. The number of hydrogen-bond acceptors (Lipinski definition) is 5. The van der Waals surface area contributed by atoms with Crippen LogP contribution in [0.25, 0.3) is 0 Å². The summed E-state index contributed by atoms with van der Waals surface area (Å²) in [5.74, 6) is 4.60. The van der Waals surface area contributed by atoms with Crippen molar-refractivity contribution in [3.8, 4) is 11.8 Å². The first kappa shape index (κ1) is 19.1. The van der Waals surface area contributed by atoms with Gasteiger partial charge in [0.15, 0.2) is 0 Å². The molecule has 0 saturated carbocycles. The predicted molar refractivity (Wildman–Crippen MR) is 86.3 cm³/mol. The lowest BCUT2D eigenvalue weighted by molar-refractivity contribution is -0.385. The van der Waals surface area contributed by atoms with E-state index in [1.807, 2.05) is 20.8 Å². The molecule has 1 heterocycles. The van der Waals surface area contributed by atoms with Crippen LogP contribution in [-0.2, 0) is 4.79 Å². The van der Waals surface area contributed by atoms with Gasteiger partial charge in [-0.3, -0.25) is 19.9 Å². The molecule has 0 unspecified atom stereocenters. The highest BCUT2D eigenvalue weighted by atomic mass is 16.6. The number of carboxylic acid groups (broad SMARTS) is 1. The molecule has 0 aliphatic carbocycles. The first-order valence-corrected chi connectivity index (χ1v) is 7.14. The standard InChI is InChI=1S/C16H19N3O5/c1-11-13(19(23)24)8-12(10-17-11)6-5-7-18(15(21)22)14(20)9-16(2,3)4/h8,10H,7,9H2,1-4H3,(H,21,22). The first-order chi connectivity index (χ1) is 11.0. The molecule has 128 valence electrons. The Balaban J connectivity index is 2.92. The van der Waals surface area contributed by atoms with E-state index in [9.17, 15) is 19.7 Å². The Hall–Kier alpha value is -2.95. The van der Waals surface area contributed by atoms with Crippen molar-refractivity contribution in [1.82, 2.24) is 9.88 Å². The number of aryl methyl sites for hydroxylation is 1. The van der Waals surface area contributed by atoms with Crippen molar-refractivity contribution in [3.63, 3.8) is 0 Å². The molecule has 8 heteroatoms. The first-order valence-electron chi connectivity index (χ1n) is 7.14. The largest absolute Gasteiger partial charge is 0.465 e. The van der Waals surface area contributed by atoms with E-state index in [2.05, 4.69) is 16.8 Å². The van der Waals surface area contributed by atoms with Gasteiger partial charge in [-0.05, 0) is 12.3 Å². The molecule has 0 saturated heterocycles. The van der Waals surface area contributed by atoms with Crippen molar-refractivity contribution >= 4 is 17.7 Å². The van der Waals surface area contributed by atoms with Crippen molar-refractivity contribution < 1.29 is 19.6 Å². The lowest BCUT2D eigenvalue weighted by Gasteiger charge is -2.21. The summed E-state index contributed by atoms with van der Waals surface area (Å²) in [6, 6.07) is 1.26. The van der Waals surface area contributed by atoms with Crippen LogP contribution in [0.4, 0.5) is 10.5 Å². The van der Waals surface area contributed by atoms with Crippen LogP contribution in [-0.4, -0.2) is 38.5 Å². The fourth-order valence-corrected chi connectivity index (χ4v) is 1.81. The molecule has 0 aromatic carbocycles. The van der Waals surface area contributed by atoms with E-state index in [1.54, 1.807) is 0 Å². The van der Waals surface area contributed by atoms with Crippen LogP contribution in [0.3, 0.4) is 0 Å². The zero-order chi connectivity index (χ0) is 18.5. The van der Waals surface area contributed by atoms with Gasteiger partial charge in [0.2, 0.25) is 5.91 Å². The topological polar surface area (TPSA) is 114 Å². The Bertz CT molecular complexity index is 725. The van der Waals surface area contributed by atoms with Gasteiger partial charge in [-0.1, -0.05) is 32.6 Å². The van der Waals surface area contributed by atoms with Crippen LogP contribution in [0.2, 0.25) is 0 Å². The molecule has 24 heavy (non-hydrogen) atoms. The number of amides is 2. The van der Waals surface area contributed by atoms with Crippen molar-refractivity contribution in [3.05, 3.63) is 33.6 Å². The quantitative estimate of drug-likeness (QED) is 0.516. The van der Waals surface area contributed by atoms with Crippen molar-refractivity contribution in [2.45, 2.75) is 34.1 Å². The molecule has 0 atom stereocenters. The Labute approximate surface area is 139 Å². The Morgan fingerprint density at radius 1 is 1.42 bits per heavy atom. The average Bonchev–Trinajstić information content (AvgIpc) is 2.42. The monoisotopic (exact) mass is 333 g/mol. The highest BCUT2D eigenvalue weighted by Crippen LogP contribution is 2.20. The number of aromatic nitrogens is 1. The van der Waals surface area contributed by atoms with Crippen LogP contribution in [0.1, 0.15) is 38.4 Å². The van der Waals surface area contributed by atoms with Crippen molar-refractivity contribution in [1.29, 1.82) is 0 Å². The van der Waals surface area contributed by atoms with Gasteiger partial charge in [0.05, 0.1) is 11.5 Å². The average molecular weight is 333 g/mol. The molecule has 1 aromatic rings. The number of pyridine rings is 1. The van der Waals surface area contributed by atoms with Crippen LogP contribution in [0.15, 0.2) is 12.3 Å². The van der Waals surface area contributed by atoms with E-state index in [-0.39, 0.29) is 35.3 Å². The van der Waals surface area contributed by atoms with Gasteiger partial charge < -0.3 is 5.11 Å². The van der Waals surface area contributed by atoms with Gasteiger partial charge in [-0.25, -0.2) is 9.69 Å². The van der Waals surface area contributed by atoms with E-state index >= 15 is 0 Å². The number of hydrogen-bond donors (Lipinski definition) is 1. The Kier molecular flexibility index (Phi) is 6.01. The maximum Gasteiger partial charge on any atom is 0.414 e. The normalized spacial score (nSPS) is 10.5. The molecule has 0 radical (unpaired) electrons. The lowest BCUT2D eigenvalue weighted by atomic mass is 9.91. The molecule has 1 rings (SSSR count). The van der Waals surface area contributed by atoms with E-state index in [4.69, 9.17) is 5.11 Å². The van der Waals surface area contributed by atoms with Gasteiger partial charge in [-0.15, -0.1) is 0 Å². The van der Waals surface area contributed by atoms with Crippen LogP contribution >= 0.6 is 0 Å². The highest BCUT2D eigenvalue weighted by molar-refractivity contribution is 5.91. The molecule has 2 amide bonds. The molecular formula is C16H19N3O5. The van der Waals surface area contributed by atoms with Gasteiger partial charge >= 0.3 is 6.09 Å². The molecule has 8 nitrogen and oxygen atoms in total. The molecule has 1 aromatic heterocycles. The summed E-state index contributed by atoms with van der Waals surface area (Å²) in [6.07, 6.45) is 0.0437. The number of imide groups is 1. The van der Waals surface area contributed by atoms with Gasteiger partial charge in [0.25, 0.3) is 5.69 Å². The van der Waals surface area contributed by atoms with E-state index in [0.717, 1.165) is 0 Å². The smallest absolute Gasteiger partial charge is 0.414 e. The SMILES string of the molecule is Cc1ncc(C#CCN(C(=O)O)C(=O)CC(C)(C)C)cc1[N+](=O)[O-]. The maximum atomic E-state index is 12.0. The minimum absolute atomic E-state index is 0.0680. The molecule has 0 spiro atoms. The zero-order valence-corrected chi connectivity index (χ0v) is 14.0. The molecule has 0 aliphatic heterocycles.